The second kappa shape index (κ2) is 6.82. The third-order valence-corrected chi connectivity index (χ3v) is 3.29. The fraction of sp³-hybridized carbons (Fsp3) is 0.250. The summed E-state index contributed by atoms with van der Waals surface area (Å²) >= 11 is 0. The molecule has 2 aromatic rings. The van der Waals surface area contributed by atoms with E-state index in [1.807, 2.05) is 36.7 Å². The van der Waals surface area contributed by atoms with Gasteiger partial charge in [0.05, 0.1) is 19.6 Å². The van der Waals surface area contributed by atoms with Gasteiger partial charge in [0.25, 0.3) is 0 Å². The van der Waals surface area contributed by atoms with Crippen LogP contribution in [0.3, 0.4) is 0 Å². The molecule has 1 heterocycles. The molecule has 0 aliphatic heterocycles. The summed E-state index contributed by atoms with van der Waals surface area (Å²) in [6, 6.07) is 11.0. The Hall–Kier alpha value is -2.20. The van der Waals surface area contributed by atoms with Crippen molar-refractivity contribution in [2.45, 2.75) is 13.0 Å². The average molecular weight is 270 g/mol. The molecular weight excluding hydrogens is 252 g/mol. The number of benzene rings is 1. The van der Waals surface area contributed by atoms with Crippen LogP contribution in [0, 0.1) is 0 Å². The van der Waals surface area contributed by atoms with Crippen LogP contribution in [0.5, 0.6) is 0 Å². The predicted molar refractivity (Wildman–Crippen MR) is 74.2 cm³/mol. The van der Waals surface area contributed by atoms with Gasteiger partial charge in [0.1, 0.15) is 6.54 Å². The first kappa shape index (κ1) is 14.2. The Morgan fingerprint density at radius 2 is 1.75 bits per heavy atom. The number of carbonyl (C=O) groups is 1. The summed E-state index contributed by atoms with van der Waals surface area (Å²) in [4.78, 5) is 16.1. The molecule has 0 radical (unpaired) electrons. The Morgan fingerprint density at radius 1 is 1.10 bits per heavy atom. The van der Waals surface area contributed by atoms with Crippen LogP contribution < -0.4 is 10.0 Å². The summed E-state index contributed by atoms with van der Waals surface area (Å²) in [5.74, 6) is -1.13. The third-order valence-electron chi connectivity index (χ3n) is 3.29. The second-order valence-electron chi connectivity index (χ2n) is 4.97. The Morgan fingerprint density at radius 3 is 2.35 bits per heavy atom. The quantitative estimate of drug-likeness (QED) is 0.784. The Kier molecular flexibility index (Phi) is 4.85. The monoisotopic (exact) mass is 270 g/mol. The van der Waals surface area contributed by atoms with E-state index in [0.29, 0.717) is 0 Å². The number of rotatable bonds is 6. The first-order valence-electron chi connectivity index (χ1n) is 6.65. The van der Waals surface area contributed by atoms with Gasteiger partial charge >= 0.3 is 0 Å². The van der Waals surface area contributed by atoms with Gasteiger partial charge in [-0.2, -0.15) is 0 Å². The smallest absolute Gasteiger partial charge is 0.103 e. The Bertz CT molecular complexity index is 552. The van der Waals surface area contributed by atoms with E-state index in [1.54, 1.807) is 12.1 Å². The number of carbonyl (C=O) groups excluding carboxylic acids is 1. The largest absolute Gasteiger partial charge is 0.545 e. The molecule has 0 aliphatic carbocycles. The lowest BCUT2D eigenvalue weighted by Crippen LogP contribution is -3.07. The molecule has 4 nitrogen and oxygen atoms in total. The van der Waals surface area contributed by atoms with E-state index in [1.165, 1.54) is 10.5 Å². The Balaban J connectivity index is 1.85. The predicted octanol–water partition coefficient (Wildman–Crippen LogP) is -0.297. The fourth-order valence-corrected chi connectivity index (χ4v) is 2.10. The molecule has 1 aromatic heterocycles. The van der Waals surface area contributed by atoms with E-state index in [-0.39, 0.29) is 5.56 Å². The summed E-state index contributed by atoms with van der Waals surface area (Å²) in [6.07, 6.45) is 4.62. The van der Waals surface area contributed by atoms with Gasteiger partial charge in [-0.1, -0.05) is 24.3 Å². The normalized spacial score (nSPS) is 12.1. The highest BCUT2D eigenvalue weighted by Gasteiger charge is 2.04. The molecule has 1 aromatic carbocycles. The van der Waals surface area contributed by atoms with Gasteiger partial charge in [-0.05, 0) is 23.3 Å². The van der Waals surface area contributed by atoms with Crippen LogP contribution in [-0.4, -0.2) is 24.5 Å². The molecule has 1 unspecified atom stereocenters. The highest BCUT2D eigenvalue weighted by molar-refractivity contribution is 5.85. The molecule has 0 saturated carbocycles. The minimum Gasteiger partial charge on any atom is -0.545 e. The number of aromatic nitrogens is 1. The summed E-state index contributed by atoms with van der Waals surface area (Å²) in [5, 5.41) is 10.7. The van der Waals surface area contributed by atoms with E-state index in [2.05, 4.69) is 12.0 Å². The number of hydrogen-bond donors (Lipinski definition) is 1. The maximum Gasteiger partial charge on any atom is 0.103 e. The van der Waals surface area contributed by atoms with Crippen molar-refractivity contribution in [3.8, 4) is 0 Å². The molecule has 1 atom stereocenters. The maximum absolute atomic E-state index is 10.7. The van der Waals surface area contributed by atoms with E-state index >= 15 is 0 Å². The van der Waals surface area contributed by atoms with Crippen molar-refractivity contribution in [2.24, 2.45) is 0 Å². The fourth-order valence-electron chi connectivity index (χ4n) is 2.10. The Labute approximate surface area is 118 Å². The number of likely N-dealkylation sites (N-methyl/N-ethyl adjacent to an activating group) is 1. The van der Waals surface area contributed by atoms with Crippen molar-refractivity contribution in [1.29, 1.82) is 0 Å². The molecule has 0 amide bonds. The zero-order valence-corrected chi connectivity index (χ0v) is 11.5. The van der Waals surface area contributed by atoms with Crippen molar-refractivity contribution < 1.29 is 14.8 Å². The zero-order valence-electron chi connectivity index (χ0n) is 11.5. The molecule has 0 fully saturated rings. The number of carboxylic acid groups (broad SMARTS) is 1. The first-order chi connectivity index (χ1) is 9.65. The van der Waals surface area contributed by atoms with Gasteiger partial charge in [0.2, 0.25) is 0 Å². The van der Waals surface area contributed by atoms with Crippen molar-refractivity contribution in [2.75, 3.05) is 13.6 Å². The molecule has 104 valence electrons. The third kappa shape index (κ3) is 4.17. The van der Waals surface area contributed by atoms with Crippen LogP contribution in [0.15, 0.2) is 48.8 Å². The van der Waals surface area contributed by atoms with Crippen LogP contribution in [0.1, 0.15) is 21.5 Å². The van der Waals surface area contributed by atoms with Gasteiger partial charge in [-0.25, -0.2) is 0 Å². The molecule has 20 heavy (non-hydrogen) atoms. The highest BCUT2D eigenvalue weighted by Crippen LogP contribution is 2.02. The molecule has 1 N–H and O–H groups in total. The summed E-state index contributed by atoms with van der Waals surface area (Å²) in [6.45, 7) is 1.89. The van der Waals surface area contributed by atoms with Crippen LogP contribution >= 0.6 is 0 Å². The molecule has 4 heteroatoms. The molecule has 0 saturated heterocycles. The molecule has 0 spiro atoms. The van der Waals surface area contributed by atoms with E-state index in [4.69, 9.17) is 0 Å². The molecular formula is C16H18N2O2. The summed E-state index contributed by atoms with van der Waals surface area (Å²) in [5.41, 5.74) is 2.64. The first-order valence-corrected chi connectivity index (χ1v) is 6.65. The van der Waals surface area contributed by atoms with Crippen LogP contribution in [-0.2, 0) is 13.0 Å². The minimum atomic E-state index is -1.13. The maximum atomic E-state index is 10.7. The van der Waals surface area contributed by atoms with Gasteiger partial charge in [0.15, 0.2) is 0 Å². The second-order valence-corrected chi connectivity index (χ2v) is 4.97. The standard InChI is InChI=1S/C16H18N2O2/c1-18(11-8-13-6-9-17-10-7-13)12-14-2-4-15(5-3-14)16(19)20/h2-7,9-10H,8,11-12H2,1H3,(H,19,20). The lowest BCUT2D eigenvalue weighted by atomic mass is 10.1. The number of nitrogens with one attached hydrogen (secondary N) is 1. The van der Waals surface area contributed by atoms with E-state index < -0.39 is 5.97 Å². The molecule has 2 rings (SSSR count). The van der Waals surface area contributed by atoms with Gasteiger partial charge < -0.3 is 14.8 Å². The number of carboxylic acids is 1. The van der Waals surface area contributed by atoms with Gasteiger partial charge in [0, 0.05) is 24.4 Å². The summed E-state index contributed by atoms with van der Waals surface area (Å²) < 4.78 is 0. The number of pyridine rings is 1. The van der Waals surface area contributed by atoms with E-state index in [9.17, 15) is 9.90 Å². The highest BCUT2D eigenvalue weighted by atomic mass is 16.4. The van der Waals surface area contributed by atoms with Crippen LogP contribution in [0.2, 0.25) is 0 Å². The topological polar surface area (TPSA) is 57.5 Å². The zero-order chi connectivity index (χ0) is 14.4. The van der Waals surface area contributed by atoms with Crippen molar-refractivity contribution in [1.82, 2.24) is 4.98 Å². The number of nitrogens with zero attached hydrogens (tertiary/aromatic N) is 1. The number of aromatic carboxylic acids is 1. The molecule has 0 bridgehead atoms. The SMILES string of the molecule is C[NH+](CCc1ccncc1)Cc1ccc(C(=O)[O-])cc1. The number of quaternary nitrogens is 1. The van der Waals surface area contributed by atoms with Gasteiger partial charge in [-0.15, -0.1) is 0 Å². The van der Waals surface area contributed by atoms with Crippen molar-refractivity contribution in [3.63, 3.8) is 0 Å². The van der Waals surface area contributed by atoms with Crippen molar-refractivity contribution in [3.05, 3.63) is 65.5 Å². The molecule has 0 aliphatic rings. The average Bonchev–Trinajstić information content (AvgIpc) is 2.47. The number of hydrogen-bond acceptors (Lipinski definition) is 3. The van der Waals surface area contributed by atoms with Gasteiger partial charge in [-0.3, -0.25) is 4.98 Å². The lowest BCUT2D eigenvalue weighted by molar-refractivity contribution is -0.893. The minimum absolute atomic E-state index is 0.225. The lowest BCUT2D eigenvalue weighted by Gasteiger charge is -2.14. The van der Waals surface area contributed by atoms with Crippen molar-refractivity contribution >= 4 is 5.97 Å². The summed E-state index contributed by atoms with van der Waals surface area (Å²) in [7, 11) is 2.13. The van der Waals surface area contributed by atoms with Crippen LogP contribution in [0.25, 0.3) is 0 Å². The van der Waals surface area contributed by atoms with E-state index in [0.717, 1.165) is 25.1 Å². The van der Waals surface area contributed by atoms with Crippen LogP contribution in [0.4, 0.5) is 0 Å².